The summed E-state index contributed by atoms with van der Waals surface area (Å²) in [4.78, 5) is 27.9. The van der Waals surface area contributed by atoms with Gasteiger partial charge in [0.15, 0.2) is 0 Å². The van der Waals surface area contributed by atoms with E-state index in [0.717, 1.165) is 6.42 Å². The largest absolute Gasteiger partial charge is 0.480 e. The molecule has 0 unspecified atom stereocenters. The van der Waals surface area contributed by atoms with Crippen LogP contribution in [0.4, 0.5) is 4.79 Å². The molecule has 0 fully saturated rings. The van der Waals surface area contributed by atoms with E-state index in [1.807, 2.05) is 11.4 Å². The van der Waals surface area contributed by atoms with Crippen LogP contribution in [0.2, 0.25) is 0 Å². The Kier molecular flexibility index (Phi) is 3.54. The Labute approximate surface area is 116 Å². The first-order valence-corrected chi connectivity index (χ1v) is 7.03. The van der Waals surface area contributed by atoms with Gasteiger partial charge in [-0.3, -0.25) is 0 Å². The summed E-state index contributed by atoms with van der Waals surface area (Å²) in [6, 6.07) is 1.80. The van der Waals surface area contributed by atoms with Crippen molar-refractivity contribution in [2.24, 2.45) is 0 Å². The second kappa shape index (κ2) is 4.85. The minimum Gasteiger partial charge on any atom is -0.480 e. The summed E-state index contributed by atoms with van der Waals surface area (Å²) in [5.74, 6) is -1.00. The fourth-order valence-corrected chi connectivity index (χ4v) is 2.90. The molecule has 0 spiro atoms. The third-order valence-electron chi connectivity index (χ3n) is 3.73. The average molecular weight is 282 g/mol. The smallest absolute Gasteiger partial charge is 0.329 e. The van der Waals surface area contributed by atoms with Crippen molar-refractivity contribution in [2.75, 3.05) is 13.6 Å². The summed E-state index contributed by atoms with van der Waals surface area (Å²) in [5, 5.41) is 11.2. The first-order chi connectivity index (χ1) is 8.84. The zero-order chi connectivity index (χ0) is 14.2. The Morgan fingerprint density at radius 1 is 1.47 bits per heavy atom. The fourth-order valence-electron chi connectivity index (χ4n) is 2.01. The number of carbonyl (C=O) groups is 2. The third-order valence-corrected chi connectivity index (χ3v) is 4.75. The molecule has 0 saturated carbocycles. The Bertz CT molecular complexity index is 510. The van der Waals surface area contributed by atoms with Gasteiger partial charge in [0, 0.05) is 25.0 Å². The van der Waals surface area contributed by atoms with Crippen LogP contribution in [0.1, 0.15) is 24.3 Å². The average Bonchev–Trinajstić information content (AvgIpc) is 2.83. The molecule has 2 rings (SSSR count). The fraction of sp³-hybridized carbons (Fsp3) is 0.538. The molecule has 19 heavy (non-hydrogen) atoms. The molecule has 0 bridgehead atoms. The molecule has 1 aromatic heterocycles. The van der Waals surface area contributed by atoms with Crippen molar-refractivity contribution >= 4 is 23.3 Å². The molecule has 1 N–H and O–H groups in total. The molecule has 0 radical (unpaired) electrons. The first-order valence-electron chi connectivity index (χ1n) is 6.15. The van der Waals surface area contributed by atoms with Crippen molar-refractivity contribution in [1.82, 2.24) is 9.80 Å². The molecule has 6 heteroatoms. The van der Waals surface area contributed by atoms with Crippen molar-refractivity contribution in [3.8, 4) is 0 Å². The van der Waals surface area contributed by atoms with Crippen LogP contribution in [0.5, 0.6) is 0 Å². The van der Waals surface area contributed by atoms with Crippen molar-refractivity contribution < 1.29 is 14.7 Å². The van der Waals surface area contributed by atoms with E-state index in [1.165, 1.54) is 29.2 Å². The lowest BCUT2D eigenvalue weighted by Crippen LogP contribution is -2.55. The molecule has 2 heterocycles. The normalized spacial score (nSPS) is 15.0. The van der Waals surface area contributed by atoms with Crippen LogP contribution in [0.15, 0.2) is 11.4 Å². The van der Waals surface area contributed by atoms with Crippen LogP contribution in [0.25, 0.3) is 0 Å². The highest BCUT2D eigenvalue weighted by atomic mass is 32.1. The summed E-state index contributed by atoms with van der Waals surface area (Å²) in [6.45, 7) is 4.28. The lowest BCUT2D eigenvalue weighted by Gasteiger charge is -2.37. The molecule has 1 aliphatic rings. The van der Waals surface area contributed by atoms with Crippen LogP contribution in [-0.4, -0.2) is 46.0 Å². The molecule has 104 valence electrons. The standard InChI is InChI=1S/C13H18N2O3S/c1-13(2,11(16)17)14(3)12(18)15-6-4-10-9(8-15)5-7-19-10/h5,7H,4,6,8H2,1-3H3,(H,16,17). The number of nitrogens with zero attached hydrogens (tertiary/aromatic N) is 2. The van der Waals surface area contributed by atoms with Gasteiger partial charge in [-0.05, 0) is 37.3 Å². The molecular weight excluding hydrogens is 264 g/mol. The lowest BCUT2D eigenvalue weighted by molar-refractivity contribution is -0.147. The quantitative estimate of drug-likeness (QED) is 0.902. The van der Waals surface area contributed by atoms with Crippen LogP contribution in [0.3, 0.4) is 0 Å². The molecule has 0 saturated heterocycles. The number of hydrogen-bond donors (Lipinski definition) is 1. The van der Waals surface area contributed by atoms with Crippen LogP contribution in [-0.2, 0) is 17.8 Å². The topological polar surface area (TPSA) is 60.9 Å². The van der Waals surface area contributed by atoms with E-state index in [2.05, 4.69) is 0 Å². The van der Waals surface area contributed by atoms with E-state index in [-0.39, 0.29) is 6.03 Å². The van der Waals surface area contributed by atoms with E-state index in [1.54, 1.807) is 23.3 Å². The molecule has 5 nitrogen and oxygen atoms in total. The summed E-state index contributed by atoms with van der Waals surface area (Å²) >= 11 is 1.71. The Hall–Kier alpha value is -1.56. The van der Waals surface area contributed by atoms with E-state index >= 15 is 0 Å². The Morgan fingerprint density at radius 2 is 2.16 bits per heavy atom. The number of amides is 2. The van der Waals surface area contributed by atoms with Gasteiger partial charge in [-0.25, -0.2) is 9.59 Å². The molecule has 0 aromatic carbocycles. The Morgan fingerprint density at radius 3 is 2.79 bits per heavy atom. The van der Waals surface area contributed by atoms with Gasteiger partial charge in [-0.1, -0.05) is 0 Å². The van der Waals surface area contributed by atoms with E-state index < -0.39 is 11.5 Å². The first kappa shape index (κ1) is 13.9. The highest BCUT2D eigenvalue weighted by Crippen LogP contribution is 2.25. The number of urea groups is 1. The highest BCUT2D eigenvalue weighted by molar-refractivity contribution is 7.10. The number of carbonyl (C=O) groups excluding carboxylic acids is 1. The van der Waals surface area contributed by atoms with E-state index in [0.29, 0.717) is 13.1 Å². The minimum atomic E-state index is -1.20. The van der Waals surface area contributed by atoms with Gasteiger partial charge in [-0.15, -0.1) is 11.3 Å². The van der Waals surface area contributed by atoms with Gasteiger partial charge < -0.3 is 14.9 Å². The number of rotatable bonds is 2. The summed E-state index contributed by atoms with van der Waals surface area (Å²) in [6.07, 6.45) is 0.847. The summed E-state index contributed by atoms with van der Waals surface area (Å²) in [5.41, 5.74) is -0.0300. The lowest BCUT2D eigenvalue weighted by atomic mass is 10.0. The minimum absolute atomic E-state index is 0.232. The number of carboxylic acid groups (broad SMARTS) is 1. The number of fused-ring (bicyclic) bond motifs is 1. The number of hydrogen-bond acceptors (Lipinski definition) is 3. The van der Waals surface area contributed by atoms with Crippen molar-refractivity contribution in [3.63, 3.8) is 0 Å². The second-order valence-corrected chi connectivity index (χ2v) is 6.25. The van der Waals surface area contributed by atoms with Gasteiger partial charge in [0.05, 0.1) is 0 Å². The van der Waals surface area contributed by atoms with Crippen molar-refractivity contribution in [1.29, 1.82) is 0 Å². The molecule has 0 atom stereocenters. The number of carboxylic acids is 1. The molecular formula is C13H18N2O3S. The van der Waals surface area contributed by atoms with Crippen molar-refractivity contribution in [2.45, 2.75) is 32.4 Å². The van der Waals surface area contributed by atoms with Crippen LogP contribution >= 0.6 is 11.3 Å². The van der Waals surface area contributed by atoms with E-state index in [4.69, 9.17) is 0 Å². The van der Waals surface area contributed by atoms with Gasteiger partial charge in [0.1, 0.15) is 5.54 Å². The molecule has 1 aromatic rings. The van der Waals surface area contributed by atoms with Gasteiger partial charge in [0.2, 0.25) is 0 Å². The summed E-state index contributed by atoms with van der Waals surface area (Å²) < 4.78 is 0. The second-order valence-electron chi connectivity index (χ2n) is 5.25. The molecule has 0 aliphatic carbocycles. The number of likely N-dealkylation sites (N-methyl/N-ethyl adjacent to an activating group) is 1. The zero-order valence-corrected chi connectivity index (χ0v) is 12.2. The Balaban J connectivity index is 2.12. The van der Waals surface area contributed by atoms with E-state index in [9.17, 15) is 14.7 Å². The predicted molar refractivity (Wildman–Crippen MR) is 73.3 cm³/mol. The van der Waals surface area contributed by atoms with Crippen LogP contribution < -0.4 is 0 Å². The maximum absolute atomic E-state index is 12.4. The highest BCUT2D eigenvalue weighted by Gasteiger charge is 2.37. The van der Waals surface area contributed by atoms with Crippen molar-refractivity contribution in [3.05, 3.63) is 21.9 Å². The predicted octanol–water partition coefficient (Wildman–Crippen LogP) is 2.02. The maximum Gasteiger partial charge on any atom is 0.329 e. The molecule has 1 aliphatic heterocycles. The monoisotopic (exact) mass is 282 g/mol. The van der Waals surface area contributed by atoms with Crippen LogP contribution in [0, 0.1) is 0 Å². The molecule has 2 amide bonds. The van der Waals surface area contributed by atoms with Gasteiger partial charge in [-0.2, -0.15) is 0 Å². The summed E-state index contributed by atoms with van der Waals surface area (Å²) in [7, 11) is 1.54. The third kappa shape index (κ3) is 2.45. The number of aliphatic carboxylic acids is 1. The SMILES string of the molecule is CN(C(=O)N1CCc2sccc2C1)C(C)(C)C(=O)O. The number of thiophene rings is 1. The van der Waals surface area contributed by atoms with Gasteiger partial charge >= 0.3 is 12.0 Å². The zero-order valence-electron chi connectivity index (χ0n) is 11.3. The van der Waals surface area contributed by atoms with Gasteiger partial charge in [0.25, 0.3) is 0 Å². The maximum atomic E-state index is 12.4.